The molecule has 44 heavy (non-hydrogen) atoms. The van der Waals surface area contributed by atoms with Crippen molar-refractivity contribution in [3.8, 4) is 23.0 Å². The molecule has 6 aliphatic rings. The van der Waals surface area contributed by atoms with Gasteiger partial charge in [-0.05, 0) is 74.0 Å². The Labute approximate surface area is 260 Å². The molecule has 4 aromatic rings. The van der Waals surface area contributed by atoms with Crippen molar-refractivity contribution >= 4 is 24.3 Å². The van der Waals surface area contributed by atoms with E-state index >= 15 is 0 Å². The maximum Gasteiger partial charge on any atom is 0.610 e. The van der Waals surface area contributed by atoms with Crippen LogP contribution in [0.5, 0.6) is 23.0 Å². The van der Waals surface area contributed by atoms with Gasteiger partial charge in [-0.15, -0.1) is 0 Å². The van der Waals surface area contributed by atoms with E-state index in [0.29, 0.717) is 10.8 Å². The molecule has 0 radical (unpaired) electrons. The van der Waals surface area contributed by atoms with E-state index in [1.54, 1.807) is 0 Å². The SMILES string of the molecule is CC1(C)C[N+]2(Cc3ccccc3[B-]23Oc2ccccc2O3)C1.CC1(C)C[N+]2(Cc3ccccc3[B-]23Oc2ccccc2O3)C1. The Hall–Kier alpha value is -3.87. The Morgan fingerprint density at radius 2 is 0.750 bits per heavy atom. The van der Waals surface area contributed by atoms with Crippen LogP contribution in [0.2, 0.25) is 0 Å². The molecular formula is C36H40B2N2O4. The van der Waals surface area contributed by atoms with Crippen molar-refractivity contribution in [3.63, 3.8) is 0 Å². The van der Waals surface area contributed by atoms with Gasteiger partial charge in [-0.3, -0.25) is 0 Å². The van der Waals surface area contributed by atoms with Gasteiger partial charge in [-0.1, -0.05) is 72.8 Å². The highest BCUT2D eigenvalue weighted by Crippen LogP contribution is 2.52. The van der Waals surface area contributed by atoms with Gasteiger partial charge in [0.15, 0.2) is 0 Å². The minimum absolute atomic E-state index is 0.359. The minimum Gasteiger partial charge on any atom is -0.624 e. The van der Waals surface area contributed by atoms with Gasteiger partial charge in [-0.25, -0.2) is 0 Å². The lowest BCUT2D eigenvalue weighted by atomic mass is 9.56. The van der Waals surface area contributed by atoms with E-state index in [-0.39, 0.29) is 0 Å². The van der Waals surface area contributed by atoms with Crippen LogP contribution >= 0.6 is 0 Å². The Balaban J connectivity index is 0.000000123. The third kappa shape index (κ3) is 3.41. The molecule has 0 atom stereocenters. The third-order valence-corrected chi connectivity index (χ3v) is 11.1. The van der Waals surface area contributed by atoms with Crippen molar-refractivity contribution in [2.45, 2.75) is 40.8 Å². The molecule has 10 rings (SSSR count). The van der Waals surface area contributed by atoms with Gasteiger partial charge in [0.05, 0.1) is 50.1 Å². The molecule has 4 spiro atoms. The molecule has 0 bridgehead atoms. The number of benzene rings is 4. The highest BCUT2D eigenvalue weighted by Gasteiger charge is 2.71. The van der Waals surface area contributed by atoms with Crippen LogP contribution in [-0.2, 0) is 13.1 Å². The quantitative estimate of drug-likeness (QED) is 0.261. The zero-order valence-corrected chi connectivity index (χ0v) is 26.2. The number of hydrogen-bond acceptors (Lipinski definition) is 4. The third-order valence-electron chi connectivity index (χ3n) is 11.1. The Bertz CT molecular complexity index is 1640. The molecule has 0 aliphatic carbocycles. The van der Waals surface area contributed by atoms with E-state index in [4.69, 9.17) is 18.6 Å². The number of nitrogens with zero attached hydrogens (tertiary/aromatic N) is 2. The van der Waals surface area contributed by atoms with Crippen LogP contribution in [0.4, 0.5) is 0 Å². The van der Waals surface area contributed by atoms with Gasteiger partial charge in [0.1, 0.15) is 23.0 Å². The molecule has 6 aliphatic heterocycles. The van der Waals surface area contributed by atoms with E-state index < -0.39 is 13.4 Å². The van der Waals surface area contributed by atoms with Crippen LogP contribution in [0.3, 0.4) is 0 Å². The predicted octanol–water partition coefficient (Wildman–Crippen LogP) is 5.35. The molecule has 6 nitrogen and oxygen atoms in total. The summed E-state index contributed by atoms with van der Waals surface area (Å²) in [7, 11) is 0. The molecule has 0 unspecified atom stereocenters. The Morgan fingerprint density at radius 3 is 1.07 bits per heavy atom. The summed E-state index contributed by atoms with van der Waals surface area (Å²) in [5.41, 5.74) is 6.00. The van der Waals surface area contributed by atoms with E-state index in [1.165, 1.54) is 22.1 Å². The number of hydrogen-bond donors (Lipinski definition) is 0. The van der Waals surface area contributed by atoms with Crippen molar-refractivity contribution in [1.82, 2.24) is 0 Å². The van der Waals surface area contributed by atoms with Crippen molar-refractivity contribution < 1.29 is 27.4 Å². The fourth-order valence-electron chi connectivity index (χ4n) is 10.3. The fraction of sp³-hybridized carbons (Fsp3) is 0.333. The Morgan fingerprint density at radius 1 is 0.455 bits per heavy atom. The maximum absolute atomic E-state index is 6.55. The second kappa shape index (κ2) is 8.43. The number of rotatable bonds is 0. The molecule has 8 heteroatoms. The van der Waals surface area contributed by atoms with Crippen LogP contribution in [0.15, 0.2) is 97.1 Å². The van der Waals surface area contributed by atoms with Gasteiger partial charge in [0, 0.05) is 0 Å². The van der Waals surface area contributed by atoms with Crippen molar-refractivity contribution in [3.05, 3.63) is 108 Å². The number of quaternary nitrogens is 2. The number of para-hydroxylation sites is 4. The highest BCUT2D eigenvalue weighted by molar-refractivity contribution is 6.78. The van der Waals surface area contributed by atoms with Crippen LogP contribution in [-0.4, -0.2) is 48.3 Å². The maximum atomic E-state index is 6.55. The summed E-state index contributed by atoms with van der Waals surface area (Å²) in [6, 6.07) is 33.4. The van der Waals surface area contributed by atoms with Gasteiger partial charge >= 0.3 is 13.4 Å². The molecule has 2 saturated heterocycles. The summed E-state index contributed by atoms with van der Waals surface area (Å²) in [4.78, 5) is 0. The molecule has 2 fully saturated rings. The van der Waals surface area contributed by atoms with Gasteiger partial charge in [0.25, 0.3) is 0 Å². The molecule has 4 aromatic carbocycles. The standard InChI is InChI=1S/2C18H20BNO2/c2*1-18(2)12-20(13-18)11-14-7-3-4-8-15(14)19(20)21-16-9-5-6-10-17(16)22-19/h2*3-10H,11-13H2,1-2H3. The summed E-state index contributed by atoms with van der Waals surface area (Å²) in [6.45, 7) is 12.8. The fourth-order valence-corrected chi connectivity index (χ4v) is 10.3. The van der Waals surface area contributed by atoms with Crippen molar-refractivity contribution in [2.24, 2.45) is 10.8 Å². The zero-order chi connectivity index (χ0) is 30.0. The predicted molar refractivity (Wildman–Crippen MR) is 174 cm³/mol. The first-order chi connectivity index (χ1) is 21.1. The highest BCUT2D eigenvalue weighted by atomic mass is 16.7. The lowest BCUT2D eigenvalue weighted by Gasteiger charge is -2.64. The van der Waals surface area contributed by atoms with E-state index in [9.17, 15) is 0 Å². The summed E-state index contributed by atoms with van der Waals surface area (Å²) >= 11 is 0. The first-order valence-corrected chi connectivity index (χ1v) is 16.2. The molecule has 224 valence electrons. The van der Waals surface area contributed by atoms with Crippen molar-refractivity contribution in [1.29, 1.82) is 0 Å². The monoisotopic (exact) mass is 586 g/mol. The molecule has 0 saturated carbocycles. The topological polar surface area (TPSA) is 36.9 Å². The average molecular weight is 586 g/mol. The van der Waals surface area contributed by atoms with Crippen LogP contribution in [0.25, 0.3) is 0 Å². The molecular weight excluding hydrogens is 546 g/mol. The summed E-state index contributed by atoms with van der Waals surface area (Å²) in [5, 5.41) is 0. The first-order valence-electron chi connectivity index (χ1n) is 16.2. The van der Waals surface area contributed by atoms with Gasteiger partial charge < -0.3 is 27.4 Å². The Kier molecular flexibility index (Phi) is 5.08. The lowest BCUT2D eigenvalue weighted by molar-refractivity contribution is -0.914. The minimum atomic E-state index is -1.51. The van der Waals surface area contributed by atoms with Crippen molar-refractivity contribution in [2.75, 3.05) is 26.2 Å². The summed E-state index contributed by atoms with van der Waals surface area (Å²) < 4.78 is 28.0. The molecule has 0 aromatic heterocycles. The lowest BCUT2D eigenvalue weighted by Crippen LogP contribution is -2.83. The largest absolute Gasteiger partial charge is 0.624 e. The van der Waals surface area contributed by atoms with Gasteiger partial charge in [0.2, 0.25) is 0 Å². The zero-order valence-electron chi connectivity index (χ0n) is 26.2. The van der Waals surface area contributed by atoms with E-state index in [2.05, 4.69) is 76.2 Å². The van der Waals surface area contributed by atoms with E-state index in [1.807, 2.05) is 48.5 Å². The smallest absolute Gasteiger partial charge is 0.610 e. The van der Waals surface area contributed by atoms with Crippen LogP contribution in [0, 0.1) is 10.8 Å². The summed E-state index contributed by atoms with van der Waals surface area (Å²) in [6.07, 6.45) is 0. The first kappa shape index (κ1) is 26.5. The van der Waals surface area contributed by atoms with Crippen LogP contribution < -0.4 is 29.5 Å². The molecule has 0 N–H and O–H groups in total. The molecule has 6 heterocycles. The second-order valence-electron chi connectivity index (χ2n) is 15.8. The average Bonchev–Trinajstić information content (AvgIpc) is 3.69. The van der Waals surface area contributed by atoms with Gasteiger partial charge in [-0.2, -0.15) is 0 Å². The molecule has 0 amide bonds. The van der Waals surface area contributed by atoms with E-state index in [0.717, 1.165) is 71.1 Å². The number of fused-ring (bicyclic) bond motifs is 8. The summed E-state index contributed by atoms with van der Waals surface area (Å²) in [5.74, 6) is 3.56. The normalized spacial score (nSPS) is 24.3. The second-order valence-corrected chi connectivity index (χ2v) is 15.8. The van der Waals surface area contributed by atoms with Crippen LogP contribution in [0.1, 0.15) is 38.8 Å².